The van der Waals surface area contributed by atoms with E-state index in [2.05, 4.69) is 11.1 Å². The molecule has 0 saturated heterocycles. The molecule has 0 bridgehead atoms. The van der Waals surface area contributed by atoms with E-state index in [4.69, 9.17) is 0 Å². The number of hydrogen-bond acceptors (Lipinski definition) is 5. The molecule has 1 rings (SSSR count). The van der Waals surface area contributed by atoms with Crippen LogP contribution in [0.25, 0.3) is 0 Å². The fourth-order valence-electron chi connectivity index (χ4n) is 1.27. The van der Waals surface area contributed by atoms with Gasteiger partial charge in [-0.1, -0.05) is 0 Å². The van der Waals surface area contributed by atoms with Crippen molar-refractivity contribution in [2.45, 2.75) is 4.90 Å². The lowest BCUT2D eigenvalue weighted by Crippen LogP contribution is -2.53. The van der Waals surface area contributed by atoms with Crippen molar-refractivity contribution in [2.24, 2.45) is 0 Å². The number of nitro benzene ring substituents is 1. The zero-order valence-electron chi connectivity index (χ0n) is 9.34. The average molecular weight is 260 g/mol. The Bertz CT molecular complexity index is 527. The standard InChI is InChI=1S/C9H13N3O4S/c1-17(15,16)7-2-3-8(11-5-4-10)9(6-7)12(13)14/h2-3,6,11H,4-5,10H2,1H3/p+1. The monoisotopic (exact) mass is 260 g/mol. The highest BCUT2D eigenvalue weighted by molar-refractivity contribution is 7.90. The normalized spacial score (nSPS) is 11.2. The first-order valence-electron chi connectivity index (χ1n) is 4.88. The third-order valence-electron chi connectivity index (χ3n) is 2.09. The first-order chi connectivity index (χ1) is 7.86. The van der Waals surface area contributed by atoms with Gasteiger partial charge in [0.2, 0.25) is 0 Å². The molecule has 0 radical (unpaired) electrons. The lowest BCUT2D eigenvalue weighted by atomic mass is 10.2. The Morgan fingerprint density at radius 1 is 1.47 bits per heavy atom. The maximum Gasteiger partial charge on any atom is 0.293 e. The van der Waals surface area contributed by atoms with Crippen LogP contribution in [0.1, 0.15) is 0 Å². The van der Waals surface area contributed by atoms with Crippen molar-refractivity contribution >= 4 is 21.2 Å². The number of rotatable bonds is 5. The van der Waals surface area contributed by atoms with Crippen LogP contribution < -0.4 is 11.1 Å². The van der Waals surface area contributed by atoms with Gasteiger partial charge in [0.1, 0.15) is 5.69 Å². The largest absolute Gasteiger partial charge is 0.374 e. The van der Waals surface area contributed by atoms with Crippen molar-refractivity contribution in [3.05, 3.63) is 28.3 Å². The second kappa shape index (κ2) is 5.11. The van der Waals surface area contributed by atoms with Crippen molar-refractivity contribution in [3.63, 3.8) is 0 Å². The Morgan fingerprint density at radius 2 is 2.12 bits per heavy atom. The molecule has 8 heteroatoms. The van der Waals surface area contributed by atoms with E-state index in [0.717, 1.165) is 12.3 Å². The van der Waals surface area contributed by atoms with Gasteiger partial charge in [-0.05, 0) is 12.1 Å². The number of nitrogens with zero attached hydrogens (tertiary/aromatic N) is 1. The highest BCUT2D eigenvalue weighted by Crippen LogP contribution is 2.27. The van der Waals surface area contributed by atoms with E-state index in [1.165, 1.54) is 12.1 Å². The SMILES string of the molecule is CS(=O)(=O)c1ccc(NCC[NH3+])c([N+](=O)[O-])c1. The van der Waals surface area contributed by atoms with Crippen LogP contribution in [0, 0.1) is 10.1 Å². The Morgan fingerprint density at radius 3 is 2.59 bits per heavy atom. The molecule has 0 unspecified atom stereocenters. The molecule has 0 fully saturated rings. The highest BCUT2D eigenvalue weighted by Gasteiger charge is 2.18. The van der Waals surface area contributed by atoms with Gasteiger partial charge in [-0.15, -0.1) is 0 Å². The summed E-state index contributed by atoms with van der Waals surface area (Å²) in [5.41, 5.74) is 3.65. The van der Waals surface area contributed by atoms with Gasteiger partial charge in [0.15, 0.2) is 9.84 Å². The molecule has 0 aliphatic carbocycles. The van der Waals surface area contributed by atoms with Crippen LogP contribution in [0.2, 0.25) is 0 Å². The van der Waals surface area contributed by atoms with Crippen LogP contribution >= 0.6 is 0 Å². The van der Waals surface area contributed by atoms with Gasteiger partial charge >= 0.3 is 0 Å². The molecule has 0 spiro atoms. The van der Waals surface area contributed by atoms with Gasteiger partial charge in [-0.3, -0.25) is 10.1 Å². The van der Waals surface area contributed by atoms with E-state index in [1.807, 2.05) is 0 Å². The molecule has 94 valence electrons. The van der Waals surface area contributed by atoms with Crippen molar-refractivity contribution in [3.8, 4) is 0 Å². The fraction of sp³-hybridized carbons (Fsp3) is 0.333. The van der Waals surface area contributed by atoms with E-state index in [9.17, 15) is 18.5 Å². The molecule has 1 aromatic rings. The predicted octanol–water partition coefficient (Wildman–Crippen LogP) is -0.348. The lowest BCUT2D eigenvalue weighted by molar-refractivity contribution is -0.384. The molecule has 1 aromatic carbocycles. The zero-order valence-corrected chi connectivity index (χ0v) is 10.2. The number of nitrogens with one attached hydrogen (secondary N) is 1. The van der Waals surface area contributed by atoms with Crippen molar-refractivity contribution in [2.75, 3.05) is 24.7 Å². The fourth-order valence-corrected chi connectivity index (χ4v) is 1.91. The minimum absolute atomic E-state index is 0.0654. The minimum atomic E-state index is -3.44. The van der Waals surface area contributed by atoms with Gasteiger partial charge < -0.3 is 11.1 Å². The molecule has 0 heterocycles. The predicted molar refractivity (Wildman–Crippen MR) is 62.5 cm³/mol. The summed E-state index contributed by atoms with van der Waals surface area (Å²) in [5, 5.41) is 13.6. The quantitative estimate of drug-likeness (QED) is 0.554. The Labute approximate surface area is 98.7 Å². The van der Waals surface area contributed by atoms with Crippen LogP contribution in [0.4, 0.5) is 11.4 Å². The smallest absolute Gasteiger partial charge is 0.293 e. The van der Waals surface area contributed by atoms with Crippen LogP contribution in [-0.2, 0) is 9.84 Å². The second-order valence-corrected chi connectivity index (χ2v) is 5.50. The van der Waals surface area contributed by atoms with Crippen molar-refractivity contribution in [1.29, 1.82) is 0 Å². The number of anilines is 1. The Hall–Kier alpha value is -1.67. The van der Waals surface area contributed by atoms with Crippen LogP contribution in [0.15, 0.2) is 23.1 Å². The minimum Gasteiger partial charge on any atom is -0.374 e. The molecule has 0 saturated carbocycles. The summed E-state index contributed by atoms with van der Waals surface area (Å²) in [6.45, 7) is 1.06. The molecule has 0 amide bonds. The molecule has 4 N–H and O–H groups in total. The summed E-state index contributed by atoms with van der Waals surface area (Å²) in [5.74, 6) is 0. The van der Waals surface area contributed by atoms with Gasteiger partial charge in [0, 0.05) is 12.3 Å². The summed E-state index contributed by atoms with van der Waals surface area (Å²) in [6.07, 6.45) is 1.01. The molecular formula is C9H14N3O4S+. The third-order valence-corrected chi connectivity index (χ3v) is 3.20. The lowest BCUT2D eigenvalue weighted by Gasteiger charge is -2.06. The molecule has 7 nitrogen and oxygen atoms in total. The third kappa shape index (κ3) is 3.40. The Kier molecular flexibility index (Phi) is 4.02. The summed E-state index contributed by atoms with van der Waals surface area (Å²) in [6, 6.07) is 3.79. The number of benzene rings is 1. The van der Waals surface area contributed by atoms with Crippen molar-refractivity contribution in [1.82, 2.24) is 0 Å². The van der Waals surface area contributed by atoms with Crippen molar-refractivity contribution < 1.29 is 19.1 Å². The number of nitro groups is 1. The number of sulfone groups is 1. The molecule has 0 aliphatic rings. The first kappa shape index (κ1) is 13.4. The zero-order chi connectivity index (χ0) is 13.1. The van der Waals surface area contributed by atoms with Gasteiger partial charge in [0.05, 0.1) is 22.9 Å². The maximum absolute atomic E-state index is 11.3. The molecule has 0 aromatic heterocycles. The maximum atomic E-state index is 11.3. The van der Waals surface area contributed by atoms with Gasteiger partial charge in [-0.25, -0.2) is 8.42 Å². The van der Waals surface area contributed by atoms with Crippen LogP contribution in [0.3, 0.4) is 0 Å². The summed E-state index contributed by atoms with van der Waals surface area (Å²) in [7, 11) is -3.44. The molecule has 0 aliphatic heterocycles. The highest BCUT2D eigenvalue weighted by atomic mass is 32.2. The van der Waals surface area contributed by atoms with Crippen LogP contribution in [-0.4, -0.2) is 32.7 Å². The van der Waals surface area contributed by atoms with Crippen LogP contribution in [0.5, 0.6) is 0 Å². The van der Waals surface area contributed by atoms with E-state index in [0.29, 0.717) is 18.8 Å². The first-order valence-corrected chi connectivity index (χ1v) is 6.77. The van der Waals surface area contributed by atoms with E-state index >= 15 is 0 Å². The number of hydrogen-bond donors (Lipinski definition) is 2. The topological polar surface area (TPSA) is 117 Å². The average Bonchev–Trinajstić information content (AvgIpc) is 2.24. The Balaban J connectivity index is 3.22. The van der Waals surface area contributed by atoms with Gasteiger partial charge in [0.25, 0.3) is 5.69 Å². The van der Waals surface area contributed by atoms with Gasteiger partial charge in [-0.2, -0.15) is 0 Å². The molecular weight excluding hydrogens is 246 g/mol. The molecule has 0 atom stereocenters. The summed E-state index contributed by atoms with van der Waals surface area (Å²) < 4.78 is 22.6. The molecule has 17 heavy (non-hydrogen) atoms. The number of quaternary nitrogens is 1. The van der Waals surface area contributed by atoms with E-state index < -0.39 is 14.8 Å². The summed E-state index contributed by atoms with van der Waals surface area (Å²) in [4.78, 5) is 10.1. The van der Waals surface area contributed by atoms with E-state index in [1.54, 1.807) is 0 Å². The second-order valence-electron chi connectivity index (χ2n) is 3.49. The van der Waals surface area contributed by atoms with E-state index in [-0.39, 0.29) is 10.6 Å². The summed E-state index contributed by atoms with van der Waals surface area (Å²) >= 11 is 0.